The van der Waals surface area contributed by atoms with Crippen molar-refractivity contribution in [3.8, 4) is 0 Å². The van der Waals surface area contributed by atoms with Crippen molar-refractivity contribution in [1.82, 2.24) is 0 Å². The number of hydrogen-bond acceptors (Lipinski definition) is 4. The predicted molar refractivity (Wildman–Crippen MR) is 55.1 cm³/mol. The Bertz CT molecular complexity index is 225. The first kappa shape index (κ1) is 13.4. The maximum Gasteiger partial charge on any atom is 0.320 e. The molecule has 0 N–H and O–H groups in total. The van der Waals surface area contributed by atoms with Crippen LogP contribution in [-0.2, 0) is 19.1 Å². The smallest absolute Gasteiger partial charge is 0.320 e. The molecule has 0 radical (unpaired) electrons. The van der Waals surface area contributed by atoms with Crippen LogP contribution in [0, 0.1) is 5.41 Å². The van der Waals surface area contributed by atoms with Gasteiger partial charge in [0.1, 0.15) is 4.83 Å². The molecule has 0 fully saturated rings. The molecule has 0 heterocycles. The van der Waals surface area contributed by atoms with Gasteiger partial charge >= 0.3 is 11.9 Å². The Morgan fingerprint density at radius 2 is 1.93 bits per heavy atom. The van der Waals surface area contributed by atoms with E-state index in [1.54, 1.807) is 20.8 Å². The minimum Gasteiger partial charge on any atom is -0.469 e. The Labute approximate surface area is 92.1 Å². The largest absolute Gasteiger partial charge is 0.469 e. The van der Waals surface area contributed by atoms with Crippen LogP contribution in [0.3, 0.4) is 0 Å². The number of hydrogen-bond donors (Lipinski definition) is 0. The van der Waals surface area contributed by atoms with Crippen LogP contribution >= 0.6 is 15.9 Å². The summed E-state index contributed by atoms with van der Waals surface area (Å²) in [6.45, 7) is 5.24. The Hall–Kier alpha value is -0.580. The first-order valence-corrected chi connectivity index (χ1v) is 5.18. The molecule has 0 saturated heterocycles. The molecule has 0 spiro atoms. The van der Waals surface area contributed by atoms with Gasteiger partial charge in [0.15, 0.2) is 0 Å². The van der Waals surface area contributed by atoms with E-state index in [2.05, 4.69) is 20.7 Å². The van der Waals surface area contributed by atoms with E-state index in [-0.39, 0.29) is 6.61 Å². The van der Waals surface area contributed by atoms with E-state index in [0.29, 0.717) is 0 Å². The highest BCUT2D eigenvalue weighted by molar-refractivity contribution is 9.10. The van der Waals surface area contributed by atoms with Gasteiger partial charge in [0.25, 0.3) is 0 Å². The summed E-state index contributed by atoms with van der Waals surface area (Å²) in [5.74, 6) is -0.907. The predicted octanol–water partition coefficient (Wildman–Crippen LogP) is 1.51. The van der Waals surface area contributed by atoms with Gasteiger partial charge in [-0.05, 0) is 20.8 Å². The van der Waals surface area contributed by atoms with E-state index < -0.39 is 22.2 Å². The molecule has 1 unspecified atom stereocenters. The van der Waals surface area contributed by atoms with E-state index in [4.69, 9.17) is 4.74 Å². The summed E-state index contributed by atoms with van der Waals surface area (Å²) >= 11 is 3.13. The van der Waals surface area contributed by atoms with E-state index in [9.17, 15) is 9.59 Å². The van der Waals surface area contributed by atoms with Crippen LogP contribution in [-0.4, -0.2) is 30.5 Å². The van der Waals surface area contributed by atoms with Gasteiger partial charge in [0, 0.05) is 0 Å². The van der Waals surface area contributed by atoms with Crippen molar-refractivity contribution >= 4 is 27.9 Å². The number of ether oxygens (including phenoxy) is 2. The molecule has 0 aliphatic heterocycles. The van der Waals surface area contributed by atoms with Crippen molar-refractivity contribution in [2.75, 3.05) is 13.7 Å². The fraction of sp³-hybridized carbons (Fsp3) is 0.778. The standard InChI is InChI=1S/C9H15BrO4/c1-5-14-7(11)6(10)9(2,3)8(12)13-4/h6H,5H2,1-4H3. The molecule has 0 aliphatic carbocycles. The quantitative estimate of drug-likeness (QED) is 0.572. The molecular formula is C9H15BrO4. The molecule has 0 amide bonds. The van der Waals surface area contributed by atoms with Gasteiger partial charge in [0.05, 0.1) is 19.1 Å². The molecule has 0 aliphatic rings. The molecule has 0 bridgehead atoms. The maximum atomic E-state index is 11.3. The molecule has 1 atom stereocenters. The third kappa shape index (κ3) is 2.97. The lowest BCUT2D eigenvalue weighted by Gasteiger charge is -2.25. The summed E-state index contributed by atoms with van der Waals surface area (Å²) in [6.07, 6.45) is 0. The number of rotatable bonds is 4. The van der Waals surface area contributed by atoms with E-state index in [0.717, 1.165) is 0 Å². The zero-order valence-corrected chi connectivity index (χ0v) is 10.4. The van der Waals surface area contributed by atoms with Crippen LogP contribution in [0.15, 0.2) is 0 Å². The van der Waals surface area contributed by atoms with Gasteiger partial charge in [-0.3, -0.25) is 9.59 Å². The van der Waals surface area contributed by atoms with Gasteiger partial charge in [0.2, 0.25) is 0 Å². The fourth-order valence-corrected chi connectivity index (χ4v) is 1.20. The lowest BCUT2D eigenvalue weighted by molar-refractivity contribution is -0.157. The zero-order chi connectivity index (χ0) is 11.4. The number of carbonyl (C=O) groups is 2. The van der Waals surface area contributed by atoms with Crippen molar-refractivity contribution in [2.45, 2.75) is 25.6 Å². The summed E-state index contributed by atoms with van der Waals surface area (Å²) in [5, 5.41) is 0. The van der Waals surface area contributed by atoms with Gasteiger partial charge < -0.3 is 9.47 Å². The van der Waals surface area contributed by atoms with Crippen LogP contribution < -0.4 is 0 Å². The van der Waals surface area contributed by atoms with Crippen molar-refractivity contribution in [1.29, 1.82) is 0 Å². The van der Waals surface area contributed by atoms with Crippen LogP contribution in [0.25, 0.3) is 0 Å². The summed E-state index contributed by atoms with van der Waals surface area (Å²) in [6, 6.07) is 0. The van der Waals surface area contributed by atoms with Gasteiger partial charge in [-0.15, -0.1) is 0 Å². The molecule has 0 aromatic rings. The second kappa shape index (κ2) is 5.34. The minimum atomic E-state index is -0.930. The second-order valence-corrected chi connectivity index (χ2v) is 4.24. The molecule has 82 valence electrons. The van der Waals surface area contributed by atoms with Gasteiger partial charge in [-0.2, -0.15) is 0 Å². The van der Waals surface area contributed by atoms with Crippen LogP contribution in [0.1, 0.15) is 20.8 Å². The maximum absolute atomic E-state index is 11.3. The Morgan fingerprint density at radius 3 is 2.29 bits per heavy atom. The lowest BCUT2D eigenvalue weighted by atomic mass is 9.89. The minimum absolute atomic E-state index is 0.290. The number of esters is 2. The molecule has 0 rings (SSSR count). The highest BCUT2D eigenvalue weighted by atomic mass is 79.9. The molecule has 0 saturated carbocycles. The zero-order valence-electron chi connectivity index (χ0n) is 8.80. The average molecular weight is 267 g/mol. The molecule has 4 nitrogen and oxygen atoms in total. The average Bonchev–Trinajstić information content (AvgIpc) is 2.15. The molecule has 0 aromatic heterocycles. The SMILES string of the molecule is CCOC(=O)C(Br)C(C)(C)C(=O)OC. The van der Waals surface area contributed by atoms with Crippen molar-refractivity contribution in [2.24, 2.45) is 5.41 Å². The number of alkyl halides is 1. The van der Waals surface area contributed by atoms with Gasteiger partial charge in [-0.1, -0.05) is 15.9 Å². The first-order valence-electron chi connectivity index (χ1n) is 4.27. The van der Waals surface area contributed by atoms with Crippen LogP contribution in [0.4, 0.5) is 0 Å². The number of methoxy groups -OCH3 is 1. The lowest BCUT2D eigenvalue weighted by Crippen LogP contribution is -2.40. The highest BCUT2D eigenvalue weighted by Gasteiger charge is 2.41. The molecule has 14 heavy (non-hydrogen) atoms. The summed E-state index contributed by atoms with van der Waals surface area (Å²) in [5.41, 5.74) is -0.930. The summed E-state index contributed by atoms with van der Waals surface area (Å²) < 4.78 is 9.38. The number of halogens is 1. The first-order chi connectivity index (χ1) is 6.37. The normalized spacial score (nSPS) is 13.2. The van der Waals surface area contributed by atoms with Crippen LogP contribution in [0.2, 0.25) is 0 Å². The monoisotopic (exact) mass is 266 g/mol. The molecule has 5 heteroatoms. The van der Waals surface area contributed by atoms with Gasteiger partial charge in [-0.25, -0.2) is 0 Å². The second-order valence-electron chi connectivity index (χ2n) is 3.33. The third-order valence-corrected chi connectivity index (χ3v) is 3.36. The van der Waals surface area contributed by atoms with Crippen molar-refractivity contribution < 1.29 is 19.1 Å². The van der Waals surface area contributed by atoms with Crippen molar-refractivity contribution in [3.05, 3.63) is 0 Å². The Morgan fingerprint density at radius 1 is 1.43 bits per heavy atom. The highest BCUT2D eigenvalue weighted by Crippen LogP contribution is 2.29. The number of carbonyl (C=O) groups excluding carboxylic acids is 2. The molecule has 0 aromatic carbocycles. The molecular weight excluding hydrogens is 252 g/mol. The Kier molecular flexibility index (Phi) is 5.12. The van der Waals surface area contributed by atoms with Crippen molar-refractivity contribution in [3.63, 3.8) is 0 Å². The fourth-order valence-electron chi connectivity index (χ4n) is 0.877. The Balaban J connectivity index is 4.56. The topological polar surface area (TPSA) is 52.6 Å². The van der Waals surface area contributed by atoms with E-state index in [1.807, 2.05) is 0 Å². The van der Waals surface area contributed by atoms with E-state index >= 15 is 0 Å². The van der Waals surface area contributed by atoms with Crippen LogP contribution in [0.5, 0.6) is 0 Å². The third-order valence-electron chi connectivity index (χ3n) is 1.84. The summed E-state index contributed by atoms with van der Waals surface area (Å²) in [4.78, 5) is 22.0. The summed E-state index contributed by atoms with van der Waals surface area (Å²) in [7, 11) is 1.29. The van der Waals surface area contributed by atoms with E-state index in [1.165, 1.54) is 7.11 Å².